The van der Waals surface area contributed by atoms with E-state index >= 15 is 0 Å². The summed E-state index contributed by atoms with van der Waals surface area (Å²) < 4.78 is 9.87. The molecule has 2 atom stereocenters. The average Bonchev–Trinajstić information content (AvgIpc) is 2.25. The van der Waals surface area contributed by atoms with E-state index in [9.17, 15) is 9.59 Å². The van der Waals surface area contributed by atoms with Crippen molar-refractivity contribution < 1.29 is 19.1 Å². The molecular formula is C12H22O4. The van der Waals surface area contributed by atoms with Gasteiger partial charge in [0.1, 0.15) is 0 Å². The molecule has 0 heterocycles. The van der Waals surface area contributed by atoms with E-state index in [4.69, 9.17) is 9.47 Å². The summed E-state index contributed by atoms with van der Waals surface area (Å²) in [5.41, 5.74) is 0. The van der Waals surface area contributed by atoms with Crippen molar-refractivity contribution in [3.63, 3.8) is 0 Å². The van der Waals surface area contributed by atoms with Gasteiger partial charge < -0.3 is 9.47 Å². The van der Waals surface area contributed by atoms with Gasteiger partial charge in [0.2, 0.25) is 0 Å². The Kier molecular flexibility index (Phi) is 7.60. The molecule has 2 unspecified atom stereocenters. The van der Waals surface area contributed by atoms with Crippen molar-refractivity contribution >= 4 is 11.9 Å². The topological polar surface area (TPSA) is 52.6 Å². The molecule has 0 saturated heterocycles. The van der Waals surface area contributed by atoms with Gasteiger partial charge in [-0.3, -0.25) is 9.59 Å². The summed E-state index contributed by atoms with van der Waals surface area (Å²) in [6, 6.07) is 0. The highest BCUT2D eigenvalue weighted by Crippen LogP contribution is 2.20. The van der Waals surface area contributed by atoms with E-state index in [0.717, 1.165) is 6.42 Å². The quantitative estimate of drug-likeness (QED) is 0.629. The van der Waals surface area contributed by atoms with Crippen LogP contribution in [0.15, 0.2) is 0 Å². The summed E-state index contributed by atoms with van der Waals surface area (Å²) >= 11 is 0. The first-order valence-corrected chi connectivity index (χ1v) is 5.91. The fourth-order valence-corrected chi connectivity index (χ4v) is 1.57. The molecule has 94 valence electrons. The Morgan fingerprint density at radius 1 is 1.00 bits per heavy atom. The fraction of sp³-hybridized carbons (Fsp3) is 0.833. The number of carbonyl (C=O) groups excluding carboxylic acids is 2. The lowest BCUT2D eigenvalue weighted by Gasteiger charge is -2.20. The molecule has 0 aromatic heterocycles. The maximum Gasteiger partial charge on any atom is 0.309 e. The lowest BCUT2D eigenvalue weighted by atomic mass is 9.90. The number of hydrogen-bond donors (Lipinski definition) is 0. The lowest BCUT2D eigenvalue weighted by molar-refractivity contribution is -0.159. The highest BCUT2D eigenvalue weighted by atomic mass is 16.5. The number of hydrogen-bond acceptors (Lipinski definition) is 4. The summed E-state index contributed by atoms with van der Waals surface area (Å²) in [7, 11) is 0. The first kappa shape index (κ1) is 14.9. The molecule has 0 aliphatic rings. The Balaban J connectivity index is 4.50. The van der Waals surface area contributed by atoms with Crippen LogP contribution in [0.3, 0.4) is 0 Å². The Hall–Kier alpha value is -1.06. The maximum atomic E-state index is 11.7. The molecular weight excluding hydrogens is 208 g/mol. The Labute approximate surface area is 97.3 Å². The van der Waals surface area contributed by atoms with Crippen LogP contribution in [0, 0.1) is 11.8 Å². The Bertz CT molecular complexity index is 225. The third kappa shape index (κ3) is 4.64. The summed E-state index contributed by atoms with van der Waals surface area (Å²) in [5.74, 6) is -1.44. The third-order valence-corrected chi connectivity index (χ3v) is 2.45. The zero-order valence-electron chi connectivity index (χ0n) is 10.6. The predicted octanol–water partition coefficient (Wildman–Crippen LogP) is 2.17. The molecule has 4 nitrogen and oxygen atoms in total. The molecule has 0 saturated carbocycles. The van der Waals surface area contributed by atoms with Gasteiger partial charge in [0.05, 0.1) is 25.0 Å². The largest absolute Gasteiger partial charge is 0.466 e. The smallest absolute Gasteiger partial charge is 0.309 e. The van der Waals surface area contributed by atoms with E-state index in [1.54, 1.807) is 20.8 Å². The van der Waals surface area contributed by atoms with Crippen molar-refractivity contribution in [2.45, 2.75) is 40.5 Å². The standard InChI is InChI=1S/C12H22O4/c1-5-8-10(12(14)16-7-3)9(4)11(13)15-6-2/h9-10H,5-8H2,1-4H3. The van der Waals surface area contributed by atoms with Crippen LogP contribution >= 0.6 is 0 Å². The fourth-order valence-electron chi connectivity index (χ4n) is 1.57. The van der Waals surface area contributed by atoms with Gasteiger partial charge >= 0.3 is 11.9 Å². The molecule has 0 aliphatic heterocycles. The van der Waals surface area contributed by atoms with E-state index in [2.05, 4.69) is 0 Å². The van der Waals surface area contributed by atoms with Crippen LogP contribution in [0.25, 0.3) is 0 Å². The molecule has 0 aromatic carbocycles. The van der Waals surface area contributed by atoms with Crippen LogP contribution in [0.5, 0.6) is 0 Å². The number of esters is 2. The number of carbonyl (C=O) groups is 2. The summed E-state index contributed by atoms with van der Waals surface area (Å²) in [6.07, 6.45) is 1.49. The monoisotopic (exact) mass is 230 g/mol. The second kappa shape index (κ2) is 8.13. The molecule has 4 heteroatoms. The van der Waals surface area contributed by atoms with Gasteiger partial charge in [-0.25, -0.2) is 0 Å². The lowest BCUT2D eigenvalue weighted by Crippen LogP contribution is -2.30. The summed E-state index contributed by atoms with van der Waals surface area (Å²) in [5, 5.41) is 0. The van der Waals surface area contributed by atoms with E-state index in [0.29, 0.717) is 19.6 Å². The molecule has 0 fully saturated rings. The molecule has 0 radical (unpaired) electrons. The van der Waals surface area contributed by atoms with Crippen molar-refractivity contribution in [1.82, 2.24) is 0 Å². The van der Waals surface area contributed by atoms with E-state index in [1.807, 2.05) is 6.92 Å². The van der Waals surface area contributed by atoms with Crippen LogP contribution in [0.2, 0.25) is 0 Å². The van der Waals surface area contributed by atoms with Gasteiger partial charge in [-0.1, -0.05) is 20.3 Å². The molecule has 16 heavy (non-hydrogen) atoms. The zero-order valence-corrected chi connectivity index (χ0v) is 10.6. The van der Waals surface area contributed by atoms with Crippen LogP contribution in [0.1, 0.15) is 40.5 Å². The SMILES string of the molecule is CCCC(C(=O)OCC)C(C)C(=O)OCC. The molecule has 0 rings (SSSR count). The molecule has 0 amide bonds. The van der Waals surface area contributed by atoms with Crippen molar-refractivity contribution in [2.24, 2.45) is 11.8 Å². The number of rotatable bonds is 7. The van der Waals surface area contributed by atoms with Crippen LogP contribution in [-0.4, -0.2) is 25.2 Å². The minimum absolute atomic E-state index is 0.301. The van der Waals surface area contributed by atoms with E-state index in [1.165, 1.54) is 0 Å². The van der Waals surface area contributed by atoms with E-state index in [-0.39, 0.29) is 17.9 Å². The van der Waals surface area contributed by atoms with Gasteiger partial charge in [0.15, 0.2) is 0 Å². The highest BCUT2D eigenvalue weighted by molar-refractivity contribution is 5.81. The predicted molar refractivity (Wildman–Crippen MR) is 60.8 cm³/mol. The summed E-state index contributed by atoms with van der Waals surface area (Å²) in [4.78, 5) is 23.2. The minimum Gasteiger partial charge on any atom is -0.466 e. The maximum absolute atomic E-state index is 11.7. The molecule has 0 N–H and O–H groups in total. The Morgan fingerprint density at radius 3 is 1.94 bits per heavy atom. The second-order valence-corrected chi connectivity index (χ2v) is 3.69. The Morgan fingerprint density at radius 2 is 1.50 bits per heavy atom. The molecule has 0 bridgehead atoms. The van der Waals surface area contributed by atoms with Gasteiger partial charge in [-0.2, -0.15) is 0 Å². The van der Waals surface area contributed by atoms with Gasteiger partial charge in [0, 0.05) is 0 Å². The first-order valence-electron chi connectivity index (χ1n) is 5.91. The zero-order chi connectivity index (χ0) is 12.6. The van der Waals surface area contributed by atoms with Gasteiger partial charge in [-0.05, 0) is 20.3 Å². The molecule has 0 spiro atoms. The number of ether oxygens (including phenoxy) is 2. The highest BCUT2D eigenvalue weighted by Gasteiger charge is 2.31. The van der Waals surface area contributed by atoms with Crippen molar-refractivity contribution in [3.05, 3.63) is 0 Å². The summed E-state index contributed by atoms with van der Waals surface area (Å²) in [6.45, 7) is 7.89. The average molecular weight is 230 g/mol. The molecule has 0 aromatic rings. The van der Waals surface area contributed by atoms with Gasteiger partial charge in [0.25, 0.3) is 0 Å². The second-order valence-electron chi connectivity index (χ2n) is 3.69. The first-order chi connectivity index (χ1) is 7.58. The molecule has 0 aliphatic carbocycles. The van der Waals surface area contributed by atoms with Crippen molar-refractivity contribution in [3.8, 4) is 0 Å². The third-order valence-electron chi connectivity index (χ3n) is 2.45. The normalized spacial score (nSPS) is 14.0. The van der Waals surface area contributed by atoms with Crippen molar-refractivity contribution in [1.29, 1.82) is 0 Å². The van der Waals surface area contributed by atoms with Crippen molar-refractivity contribution in [2.75, 3.05) is 13.2 Å². The van der Waals surface area contributed by atoms with E-state index < -0.39 is 5.92 Å². The van der Waals surface area contributed by atoms with Crippen LogP contribution < -0.4 is 0 Å². The van der Waals surface area contributed by atoms with Crippen LogP contribution in [-0.2, 0) is 19.1 Å². The van der Waals surface area contributed by atoms with Gasteiger partial charge in [-0.15, -0.1) is 0 Å². The van der Waals surface area contributed by atoms with Crippen LogP contribution in [0.4, 0.5) is 0 Å². The minimum atomic E-state index is -0.432.